The van der Waals surface area contributed by atoms with Crippen molar-refractivity contribution in [3.8, 4) is 23.0 Å². The quantitative estimate of drug-likeness (QED) is 0.0866. The van der Waals surface area contributed by atoms with Gasteiger partial charge in [0.05, 0.1) is 67.7 Å². The summed E-state index contributed by atoms with van der Waals surface area (Å²) in [5.74, 6) is 1.63. The molecule has 2 atom stereocenters. The summed E-state index contributed by atoms with van der Waals surface area (Å²) in [7, 11) is 6.60. The molecule has 60 heavy (non-hydrogen) atoms. The molecule has 4 heterocycles. The van der Waals surface area contributed by atoms with E-state index in [1.807, 2.05) is 60.0 Å². The molecule has 8 rings (SSSR count). The predicted octanol–water partition coefficient (Wildman–Crippen LogP) is 9.42. The average molecular weight is 848 g/mol. The molecule has 1 unspecified atom stereocenters. The van der Waals surface area contributed by atoms with E-state index in [1.54, 1.807) is 65.0 Å². The van der Waals surface area contributed by atoms with Crippen LogP contribution in [0.5, 0.6) is 23.0 Å². The van der Waals surface area contributed by atoms with Crippen LogP contribution in [0.4, 0.5) is 28.4 Å². The number of fused-ring (bicyclic) bond motifs is 8. The van der Waals surface area contributed by atoms with Gasteiger partial charge in [-0.1, -0.05) is 45.9 Å². The summed E-state index contributed by atoms with van der Waals surface area (Å²) < 4.78 is 23.7. The predicted molar refractivity (Wildman–Crippen MR) is 242 cm³/mol. The summed E-state index contributed by atoms with van der Waals surface area (Å²) in [6.07, 6.45) is 10.6. The number of carbonyl (C=O) groups is 3. The van der Waals surface area contributed by atoms with Crippen molar-refractivity contribution in [2.75, 3.05) is 48.8 Å². The van der Waals surface area contributed by atoms with Crippen LogP contribution in [-0.4, -0.2) is 80.7 Å². The normalized spacial score (nSPS) is 17.1. The minimum absolute atomic E-state index is 0.0106. The van der Waals surface area contributed by atoms with Gasteiger partial charge in [0.25, 0.3) is 11.8 Å². The molecule has 0 spiro atoms. The van der Waals surface area contributed by atoms with Crippen LogP contribution < -0.4 is 34.1 Å². The molecule has 4 aliphatic heterocycles. The highest BCUT2D eigenvalue weighted by molar-refractivity contribution is 8.76. The minimum Gasteiger partial charge on any atom is -0.493 e. The summed E-state index contributed by atoms with van der Waals surface area (Å²) in [5.41, 5.74) is 6.47. The van der Waals surface area contributed by atoms with Gasteiger partial charge in [0, 0.05) is 59.9 Å². The summed E-state index contributed by atoms with van der Waals surface area (Å²) in [5, 5.41) is 3.03. The summed E-state index contributed by atoms with van der Waals surface area (Å²) in [6.45, 7) is 5.16. The van der Waals surface area contributed by atoms with Gasteiger partial charge in [-0.25, -0.2) is 0 Å². The molecular weight excluding hydrogens is 799 g/mol. The second kappa shape index (κ2) is 17.6. The maximum atomic E-state index is 14.2. The van der Waals surface area contributed by atoms with Crippen molar-refractivity contribution in [2.24, 2.45) is 9.98 Å². The van der Waals surface area contributed by atoms with Crippen LogP contribution in [-0.2, 0) is 17.6 Å². The lowest BCUT2D eigenvalue weighted by Crippen LogP contribution is -2.37. The van der Waals surface area contributed by atoms with E-state index in [4.69, 9.17) is 28.9 Å². The molecule has 4 aliphatic rings. The molecule has 312 valence electrons. The molecule has 0 bridgehead atoms. The zero-order valence-corrected chi connectivity index (χ0v) is 36.1. The van der Waals surface area contributed by atoms with Gasteiger partial charge in [0.15, 0.2) is 23.0 Å². The number of methoxy groups -OCH3 is 2. The van der Waals surface area contributed by atoms with Gasteiger partial charge < -0.3 is 24.3 Å². The highest BCUT2D eigenvalue weighted by Crippen LogP contribution is 2.44. The van der Waals surface area contributed by atoms with Crippen molar-refractivity contribution in [1.82, 2.24) is 0 Å². The van der Waals surface area contributed by atoms with Crippen LogP contribution in [0, 0.1) is 0 Å². The Bertz CT molecular complexity index is 2380. The maximum Gasteiger partial charge on any atom is 0.261 e. The Balaban J connectivity index is 0.854. The molecule has 4 aromatic rings. The highest BCUT2D eigenvalue weighted by atomic mass is 33.1. The van der Waals surface area contributed by atoms with Gasteiger partial charge in [0.2, 0.25) is 5.91 Å². The molecule has 4 aromatic carbocycles. The van der Waals surface area contributed by atoms with Crippen molar-refractivity contribution < 1.29 is 33.3 Å². The van der Waals surface area contributed by atoms with Crippen molar-refractivity contribution in [2.45, 2.75) is 75.6 Å². The number of ether oxygens (including phenoxy) is 4. The zero-order chi connectivity index (χ0) is 42.0. The third kappa shape index (κ3) is 8.44. The second-order valence-electron chi connectivity index (χ2n) is 15.8. The number of nitrogens with one attached hydrogen (secondary N) is 1. The fourth-order valence-corrected chi connectivity index (χ4v) is 10.4. The molecule has 14 heteroatoms. The van der Waals surface area contributed by atoms with Gasteiger partial charge >= 0.3 is 0 Å². The Labute approximate surface area is 358 Å². The van der Waals surface area contributed by atoms with E-state index in [-0.39, 0.29) is 34.6 Å². The molecule has 0 saturated heterocycles. The third-order valence-electron chi connectivity index (χ3n) is 11.2. The number of amides is 3. The zero-order valence-electron chi connectivity index (χ0n) is 34.5. The number of carbonyl (C=O) groups excluding carboxylic acids is 3. The SMILES string of the molecule is COc1cc2c(cc1OCCCCCOc1cc3c(cc1OC)C(=O)N1c4ccccc4C[C@H]1C=N3)N=CC1Cc3ccc(NC(=O)CCC(C)(C)SSC)cc3N1C2=O. The first-order valence-corrected chi connectivity index (χ1v) is 22.8. The molecule has 1 N–H and O–H groups in total. The molecule has 3 amide bonds. The molecule has 0 radical (unpaired) electrons. The van der Waals surface area contributed by atoms with E-state index >= 15 is 0 Å². The van der Waals surface area contributed by atoms with Crippen LogP contribution in [0.25, 0.3) is 0 Å². The number of anilines is 3. The average Bonchev–Trinajstić information content (AvgIpc) is 3.72. The number of benzene rings is 4. The van der Waals surface area contributed by atoms with E-state index < -0.39 is 0 Å². The lowest BCUT2D eigenvalue weighted by molar-refractivity contribution is -0.116. The van der Waals surface area contributed by atoms with E-state index in [0.29, 0.717) is 77.2 Å². The standard InChI is InChI=1S/C46H49N5O7S2/c1-46(2,60-59-5)16-15-43(52)49-30-14-13-29-20-32-27-48-36-25-42(40(56-4)23-34(36)45(54)51(32)38(29)21-30)58-18-10-6-9-17-57-41-24-35-33(22-39(41)55-3)44(53)50-31(26-47-35)19-28-11-7-8-12-37(28)50/h7-8,11-14,21-27,31-32H,6,9-10,15-20H2,1-5H3,(H,49,52)/t31-,32?/m0/s1. The Hall–Kier alpha value is -5.47. The van der Waals surface area contributed by atoms with Crippen molar-refractivity contribution >= 4 is 80.2 Å². The van der Waals surface area contributed by atoms with Gasteiger partial charge in [-0.3, -0.25) is 34.2 Å². The molecule has 0 fully saturated rings. The lowest BCUT2D eigenvalue weighted by Gasteiger charge is -2.23. The molecule has 0 aliphatic carbocycles. The van der Waals surface area contributed by atoms with E-state index in [2.05, 4.69) is 25.2 Å². The largest absolute Gasteiger partial charge is 0.493 e. The number of unbranched alkanes of at least 4 members (excludes halogenated alkanes) is 2. The van der Waals surface area contributed by atoms with Gasteiger partial charge in [-0.05, 0) is 87.2 Å². The molecule has 12 nitrogen and oxygen atoms in total. The summed E-state index contributed by atoms with van der Waals surface area (Å²) in [6, 6.07) is 20.3. The van der Waals surface area contributed by atoms with Crippen molar-refractivity contribution in [3.05, 3.63) is 89.0 Å². The number of para-hydroxylation sites is 1. The number of hydrogen-bond donors (Lipinski definition) is 1. The lowest BCUT2D eigenvalue weighted by atomic mass is 10.1. The first-order valence-electron chi connectivity index (χ1n) is 20.2. The molecular formula is C46H49N5O7S2. The number of nitrogens with zero attached hydrogens (tertiary/aromatic N) is 4. The van der Waals surface area contributed by atoms with Gasteiger partial charge in [-0.15, -0.1) is 0 Å². The smallest absolute Gasteiger partial charge is 0.261 e. The van der Waals surface area contributed by atoms with Gasteiger partial charge in [0.1, 0.15) is 0 Å². The van der Waals surface area contributed by atoms with E-state index in [1.165, 1.54) is 0 Å². The van der Waals surface area contributed by atoms with E-state index in [0.717, 1.165) is 54.6 Å². The van der Waals surface area contributed by atoms with Crippen LogP contribution in [0.2, 0.25) is 0 Å². The fourth-order valence-electron chi connectivity index (χ4n) is 8.15. The first kappa shape index (κ1) is 41.3. The van der Waals surface area contributed by atoms with Crippen LogP contribution in [0.1, 0.15) is 77.8 Å². The number of aliphatic imine (C=N–C) groups is 2. The third-order valence-corrected chi connectivity index (χ3v) is 13.9. The molecule has 0 saturated carbocycles. The Morgan fingerprint density at radius 3 is 1.90 bits per heavy atom. The Morgan fingerprint density at radius 1 is 0.750 bits per heavy atom. The topological polar surface area (TPSA) is 131 Å². The Morgan fingerprint density at radius 2 is 1.32 bits per heavy atom. The monoisotopic (exact) mass is 847 g/mol. The summed E-state index contributed by atoms with van der Waals surface area (Å²) in [4.78, 5) is 53.8. The second-order valence-corrected chi connectivity index (χ2v) is 18.9. The fraction of sp³-hybridized carbons (Fsp3) is 0.370. The van der Waals surface area contributed by atoms with Crippen molar-refractivity contribution in [1.29, 1.82) is 0 Å². The maximum absolute atomic E-state index is 14.2. The first-order chi connectivity index (χ1) is 29.1. The van der Waals surface area contributed by atoms with Crippen molar-refractivity contribution in [3.63, 3.8) is 0 Å². The molecule has 0 aromatic heterocycles. The van der Waals surface area contributed by atoms with Crippen LogP contribution in [0.15, 0.2) is 76.7 Å². The minimum atomic E-state index is -0.260. The van der Waals surface area contributed by atoms with E-state index in [9.17, 15) is 14.4 Å². The Kier molecular flexibility index (Phi) is 12.1. The summed E-state index contributed by atoms with van der Waals surface area (Å²) >= 11 is 0. The number of hydrogen-bond acceptors (Lipinski definition) is 11. The van der Waals surface area contributed by atoms with Crippen LogP contribution >= 0.6 is 21.6 Å². The van der Waals surface area contributed by atoms with Gasteiger partial charge in [-0.2, -0.15) is 0 Å². The highest BCUT2D eigenvalue weighted by Gasteiger charge is 2.38. The number of rotatable bonds is 16. The van der Waals surface area contributed by atoms with Crippen LogP contribution in [0.3, 0.4) is 0 Å².